The minimum Gasteiger partial charge on any atom is -0.861 e. The number of likely N-dealkylation sites (tertiary alicyclic amines) is 1. The number of rotatable bonds is 10. The molecule has 0 aliphatic carbocycles. The number of para-hydroxylation sites is 1. The Kier molecular flexibility index (Phi) is 10.5. The second-order valence-corrected chi connectivity index (χ2v) is 9.80. The Labute approximate surface area is 250 Å². The number of carboxylic acids is 1. The standard InChI is InChI=1S/C33H32N4O3.Ni/c38-32(30-19-11-21-37(30)23-26-16-9-10-20-34-26)36-28-18-8-7-17-27(28)31(25-14-5-2-6-15-25)35-29(33(39)40)22-24-12-3-1-4-13-24;/h1-10,12-18,20,29-30H,11,19,21-23H2,(H,36,38)(H,39,40);/q;+2/p-1. The molecule has 1 N–H and O–H groups in total. The molecule has 2 heterocycles. The van der Waals surface area contributed by atoms with Crippen LogP contribution in [0.3, 0.4) is 0 Å². The Morgan fingerprint density at radius 3 is 2.34 bits per heavy atom. The molecule has 7 nitrogen and oxygen atoms in total. The number of carbonyl (C=O) groups is 1. The molecule has 0 spiro atoms. The zero-order valence-electron chi connectivity index (χ0n) is 22.5. The maximum atomic E-state index is 13.5. The zero-order valence-corrected chi connectivity index (χ0v) is 23.4. The molecule has 2 atom stereocenters. The predicted molar refractivity (Wildman–Crippen MR) is 155 cm³/mol. The van der Waals surface area contributed by atoms with E-state index in [-0.39, 0.29) is 34.9 Å². The van der Waals surface area contributed by atoms with Gasteiger partial charge in [0.15, 0.2) is 6.04 Å². The molecule has 0 bridgehead atoms. The fourth-order valence-electron chi connectivity index (χ4n) is 5.04. The Bertz CT molecular complexity index is 1480. The molecule has 0 amide bonds. The third kappa shape index (κ3) is 7.75. The van der Waals surface area contributed by atoms with E-state index in [4.69, 9.17) is 4.99 Å². The molecule has 1 aliphatic heterocycles. The van der Waals surface area contributed by atoms with Crippen LogP contribution in [0.2, 0.25) is 0 Å². The monoisotopic (exact) mass is 589 g/mol. The van der Waals surface area contributed by atoms with E-state index < -0.39 is 12.0 Å². The van der Waals surface area contributed by atoms with Gasteiger partial charge in [-0.1, -0.05) is 84.9 Å². The van der Waals surface area contributed by atoms with Gasteiger partial charge in [0.05, 0.1) is 17.1 Å². The molecule has 210 valence electrons. The molecule has 4 aromatic rings. The van der Waals surface area contributed by atoms with Crippen molar-refractivity contribution in [2.45, 2.75) is 37.9 Å². The van der Waals surface area contributed by atoms with Crippen molar-refractivity contribution < 1.29 is 31.5 Å². The van der Waals surface area contributed by atoms with E-state index >= 15 is 0 Å². The van der Waals surface area contributed by atoms with Crippen molar-refractivity contribution >= 4 is 23.3 Å². The number of pyridine rings is 1. The van der Waals surface area contributed by atoms with Crippen molar-refractivity contribution in [3.63, 3.8) is 0 Å². The molecule has 0 saturated carbocycles. The van der Waals surface area contributed by atoms with Crippen LogP contribution in [0.1, 0.15) is 35.2 Å². The maximum Gasteiger partial charge on any atom is 2.00 e. The number of aliphatic imine (C=N–C) groups is 2. The molecule has 0 radical (unpaired) electrons. The molecule has 8 heteroatoms. The third-order valence-corrected chi connectivity index (χ3v) is 7.02. The van der Waals surface area contributed by atoms with Crippen molar-refractivity contribution in [2.24, 2.45) is 9.98 Å². The first-order chi connectivity index (χ1) is 19.6. The van der Waals surface area contributed by atoms with Gasteiger partial charge >= 0.3 is 22.5 Å². The number of carboxylic acid groups (broad SMARTS) is 1. The molecular formula is C33H31N4NiO3+. The first-order valence-electron chi connectivity index (χ1n) is 13.5. The summed E-state index contributed by atoms with van der Waals surface area (Å²) >= 11 is 0. The second-order valence-electron chi connectivity index (χ2n) is 9.80. The van der Waals surface area contributed by atoms with Crippen LogP contribution in [0.15, 0.2) is 119 Å². The first-order valence-corrected chi connectivity index (χ1v) is 13.5. The molecule has 5 rings (SSSR count). The van der Waals surface area contributed by atoms with Crippen LogP contribution in [0.4, 0.5) is 5.69 Å². The number of aromatic nitrogens is 1. The fraction of sp³-hybridized carbons (Fsp3) is 0.212. The van der Waals surface area contributed by atoms with E-state index in [1.165, 1.54) is 0 Å². The quantitative estimate of drug-likeness (QED) is 0.165. The van der Waals surface area contributed by atoms with Crippen LogP contribution in [0.5, 0.6) is 0 Å². The van der Waals surface area contributed by atoms with Gasteiger partial charge in [-0.3, -0.25) is 19.9 Å². The van der Waals surface area contributed by atoms with Crippen molar-refractivity contribution in [1.82, 2.24) is 9.88 Å². The van der Waals surface area contributed by atoms with Gasteiger partial charge in [-0.05, 0) is 49.0 Å². The van der Waals surface area contributed by atoms with Gasteiger partial charge in [0, 0.05) is 36.3 Å². The van der Waals surface area contributed by atoms with Crippen LogP contribution in [0.25, 0.3) is 0 Å². The van der Waals surface area contributed by atoms with E-state index in [1.54, 1.807) is 12.3 Å². The molecule has 2 unspecified atom stereocenters. The normalized spacial score (nSPS) is 16.6. The molecule has 1 fully saturated rings. The summed E-state index contributed by atoms with van der Waals surface area (Å²) in [6.07, 6.45) is 3.65. The Morgan fingerprint density at radius 1 is 0.951 bits per heavy atom. The third-order valence-electron chi connectivity index (χ3n) is 7.02. The first kappa shape index (κ1) is 29.8. The number of hydrogen-bond donors (Lipinski definition) is 1. The topological polar surface area (TPSA) is 101 Å². The van der Waals surface area contributed by atoms with Gasteiger partial charge in [0.1, 0.15) is 0 Å². The summed E-state index contributed by atoms with van der Waals surface area (Å²) in [6.45, 7) is 1.39. The van der Waals surface area contributed by atoms with Gasteiger partial charge in [-0.2, -0.15) is 0 Å². The maximum absolute atomic E-state index is 13.5. The Hall–Kier alpha value is -4.13. The van der Waals surface area contributed by atoms with E-state index in [0.29, 0.717) is 23.5 Å². The summed E-state index contributed by atoms with van der Waals surface area (Å²) in [4.78, 5) is 28.2. The summed E-state index contributed by atoms with van der Waals surface area (Å²) in [7, 11) is 0. The smallest absolute Gasteiger partial charge is 0.861 e. The summed E-state index contributed by atoms with van der Waals surface area (Å²) in [6, 6.07) is 30.7. The van der Waals surface area contributed by atoms with E-state index in [1.807, 2.05) is 97.1 Å². The van der Waals surface area contributed by atoms with Crippen LogP contribution in [-0.2, 0) is 34.3 Å². The molecule has 1 aromatic heterocycles. The second kappa shape index (κ2) is 14.5. The molecule has 41 heavy (non-hydrogen) atoms. The van der Waals surface area contributed by atoms with E-state index in [9.17, 15) is 15.0 Å². The number of aliphatic carboxylic acids is 1. The van der Waals surface area contributed by atoms with E-state index in [2.05, 4.69) is 14.9 Å². The molecule has 3 aromatic carbocycles. The minimum atomic E-state index is -1.01. The van der Waals surface area contributed by atoms with Crippen LogP contribution < -0.4 is 5.11 Å². The van der Waals surface area contributed by atoms with Crippen molar-refractivity contribution in [3.05, 3.63) is 132 Å². The van der Waals surface area contributed by atoms with Gasteiger partial charge in [-0.25, -0.2) is 4.79 Å². The molecular weight excluding hydrogens is 559 g/mol. The summed E-state index contributed by atoms with van der Waals surface area (Å²) < 4.78 is 0. The number of nitrogens with zero attached hydrogens (tertiary/aromatic N) is 4. The molecule has 1 saturated heterocycles. The summed E-state index contributed by atoms with van der Waals surface area (Å²) in [5, 5.41) is 23.6. The average molecular weight is 590 g/mol. The number of benzene rings is 3. The number of hydrogen-bond acceptors (Lipinski definition) is 6. The van der Waals surface area contributed by atoms with E-state index in [0.717, 1.165) is 36.2 Å². The van der Waals surface area contributed by atoms with Gasteiger partial charge < -0.3 is 10.2 Å². The fourth-order valence-corrected chi connectivity index (χ4v) is 5.04. The van der Waals surface area contributed by atoms with Crippen molar-refractivity contribution in [3.8, 4) is 0 Å². The van der Waals surface area contributed by atoms with Crippen molar-refractivity contribution in [1.29, 1.82) is 0 Å². The molecule has 1 aliphatic rings. The van der Waals surface area contributed by atoms with Gasteiger partial charge in [-0.15, -0.1) is 0 Å². The average Bonchev–Trinajstić information content (AvgIpc) is 3.45. The predicted octanol–water partition coefficient (Wildman–Crippen LogP) is 4.67. The van der Waals surface area contributed by atoms with Crippen LogP contribution >= 0.6 is 0 Å². The van der Waals surface area contributed by atoms with Crippen molar-refractivity contribution in [2.75, 3.05) is 6.54 Å². The Morgan fingerprint density at radius 2 is 1.63 bits per heavy atom. The SMILES string of the molecule is O=C(O)C(Cc1ccccc1)N=C(c1ccccc1)c1ccccc1N=C([O-])C1CCCN1Cc1ccccn1.[Ni+2]. The summed E-state index contributed by atoms with van der Waals surface area (Å²) in [5.41, 5.74) is 4.15. The van der Waals surface area contributed by atoms with Gasteiger partial charge in [0.25, 0.3) is 0 Å². The van der Waals surface area contributed by atoms with Crippen LogP contribution in [0, 0.1) is 0 Å². The zero-order chi connectivity index (χ0) is 27.7. The largest absolute Gasteiger partial charge is 2.00 e. The Balaban J connectivity index is 0.00000387. The van der Waals surface area contributed by atoms with Gasteiger partial charge in [0.2, 0.25) is 0 Å². The minimum absolute atomic E-state index is 0. The summed E-state index contributed by atoms with van der Waals surface area (Å²) in [5.74, 6) is -1.23. The van der Waals surface area contributed by atoms with Crippen LogP contribution in [-0.4, -0.2) is 51.2 Å².